The highest BCUT2D eigenvalue weighted by Gasteiger charge is 2.20. The molecule has 0 aliphatic carbocycles. The molecule has 108 valence electrons. The predicted molar refractivity (Wildman–Crippen MR) is 76.9 cm³/mol. The minimum Gasteiger partial charge on any atom is -0.465 e. The minimum atomic E-state index is -0.538. The highest BCUT2D eigenvalue weighted by atomic mass is 19.1. The van der Waals surface area contributed by atoms with Gasteiger partial charge in [-0.2, -0.15) is 0 Å². The van der Waals surface area contributed by atoms with Gasteiger partial charge in [0, 0.05) is 12.6 Å². The highest BCUT2D eigenvalue weighted by molar-refractivity contribution is 6.09. The average molecular weight is 287 g/mol. The number of ether oxygens (including phenoxy) is 1. The summed E-state index contributed by atoms with van der Waals surface area (Å²) in [5, 5.41) is 0. The monoisotopic (exact) mass is 287 g/mol. The Labute approximate surface area is 121 Å². The van der Waals surface area contributed by atoms with Gasteiger partial charge in [-0.05, 0) is 30.3 Å². The summed E-state index contributed by atoms with van der Waals surface area (Å²) in [4.78, 5) is 25.4. The van der Waals surface area contributed by atoms with Gasteiger partial charge in [0.2, 0.25) is 0 Å². The van der Waals surface area contributed by atoms with E-state index in [0.29, 0.717) is 5.69 Å². The van der Waals surface area contributed by atoms with Crippen LogP contribution >= 0.6 is 0 Å². The Morgan fingerprint density at radius 2 is 1.81 bits per heavy atom. The van der Waals surface area contributed by atoms with E-state index < -0.39 is 17.7 Å². The van der Waals surface area contributed by atoms with Crippen LogP contribution in [0.3, 0.4) is 0 Å². The maximum atomic E-state index is 13.2. The van der Waals surface area contributed by atoms with E-state index in [2.05, 4.69) is 0 Å². The number of hydrogen-bond donors (Lipinski definition) is 0. The molecule has 1 amide bonds. The van der Waals surface area contributed by atoms with E-state index in [1.54, 1.807) is 24.3 Å². The number of benzene rings is 2. The fraction of sp³-hybridized carbons (Fsp3) is 0.125. The fourth-order valence-electron chi connectivity index (χ4n) is 1.97. The largest absolute Gasteiger partial charge is 0.465 e. The lowest BCUT2D eigenvalue weighted by atomic mass is 10.1. The van der Waals surface area contributed by atoms with Crippen LogP contribution in [0, 0.1) is 5.82 Å². The van der Waals surface area contributed by atoms with E-state index in [0.717, 1.165) is 6.07 Å². The van der Waals surface area contributed by atoms with Crippen molar-refractivity contribution in [1.29, 1.82) is 0 Å². The zero-order valence-electron chi connectivity index (χ0n) is 11.7. The molecule has 0 radical (unpaired) electrons. The molecule has 0 N–H and O–H groups in total. The fourth-order valence-corrected chi connectivity index (χ4v) is 1.97. The number of halogens is 1. The molecule has 4 nitrogen and oxygen atoms in total. The van der Waals surface area contributed by atoms with Crippen LogP contribution in [0.1, 0.15) is 20.7 Å². The van der Waals surface area contributed by atoms with Crippen LogP contribution in [-0.4, -0.2) is 26.0 Å². The van der Waals surface area contributed by atoms with Crippen molar-refractivity contribution < 1.29 is 18.7 Å². The first-order chi connectivity index (χ1) is 10.0. The molecule has 0 spiro atoms. The van der Waals surface area contributed by atoms with Crippen LogP contribution < -0.4 is 4.90 Å². The Morgan fingerprint density at radius 3 is 2.48 bits per heavy atom. The Balaban J connectivity index is 2.38. The molecule has 0 aliphatic rings. The number of anilines is 1. The third-order valence-electron chi connectivity index (χ3n) is 3.05. The molecule has 0 bridgehead atoms. The Bertz CT molecular complexity index is 685. The van der Waals surface area contributed by atoms with Crippen molar-refractivity contribution in [3.05, 3.63) is 65.5 Å². The van der Waals surface area contributed by atoms with Crippen molar-refractivity contribution in [1.82, 2.24) is 0 Å². The van der Waals surface area contributed by atoms with E-state index in [4.69, 9.17) is 4.74 Å². The molecule has 0 unspecified atom stereocenters. The summed E-state index contributed by atoms with van der Waals surface area (Å²) in [6.45, 7) is 0. The van der Waals surface area contributed by atoms with Gasteiger partial charge in [-0.1, -0.05) is 18.2 Å². The third-order valence-corrected chi connectivity index (χ3v) is 3.05. The molecule has 2 rings (SSSR count). The number of rotatable bonds is 3. The van der Waals surface area contributed by atoms with Crippen molar-refractivity contribution >= 4 is 17.6 Å². The second-order valence-electron chi connectivity index (χ2n) is 4.38. The molecule has 0 aliphatic heterocycles. The van der Waals surface area contributed by atoms with Crippen LogP contribution in [0.25, 0.3) is 0 Å². The molecule has 2 aromatic rings. The number of hydrogen-bond acceptors (Lipinski definition) is 3. The smallest absolute Gasteiger partial charge is 0.339 e. The third kappa shape index (κ3) is 3.08. The summed E-state index contributed by atoms with van der Waals surface area (Å²) in [6.07, 6.45) is 0. The van der Waals surface area contributed by atoms with Gasteiger partial charge >= 0.3 is 5.97 Å². The molecule has 5 heteroatoms. The van der Waals surface area contributed by atoms with Crippen LogP contribution in [0.15, 0.2) is 48.5 Å². The van der Waals surface area contributed by atoms with Crippen molar-refractivity contribution in [2.75, 3.05) is 19.1 Å². The summed E-state index contributed by atoms with van der Waals surface area (Å²) in [7, 11) is 2.79. The van der Waals surface area contributed by atoms with E-state index >= 15 is 0 Å². The van der Waals surface area contributed by atoms with Crippen LogP contribution in [0.2, 0.25) is 0 Å². The van der Waals surface area contributed by atoms with Crippen molar-refractivity contribution in [3.63, 3.8) is 0 Å². The molecule has 2 aromatic carbocycles. The maximum Gasteiger partial charge on any atom is 0.339 e. The van der Waals surface area contributed by atoms with Crippen LogP contribution in [-0.2, 0) is 4.74 Å². The summed E-state index contributed by atoms with van der Waals surface area (Å²) in [5.74, 6) is -1.44. The van der Waals surface area contributed by atoms with Crippen molar-refractivity contribution in [3.8, 4) is 0 Å². The Morgan fingerprint density at radius 1 is 1.10 bits per heavy atom. The van der Waals surface area contributed by atoms with Gasteiger partial charge in [-0.3, -0.25) is 4.79 Å². The van der Waals surface area contributed by atoms with E-state index in [1.807, 2.05) is 0 Å². The van der Waals surface area contributed by atoms with Gasteiger partial charge in [0.1, 0.15) is 5.82 Å². The zero-order chi connectivity index (χ0) is 15.4. The molecule has 0 saturated carbocycles. The molecule has 21 heavy (non-hydrogen) atoms. The van der Waals surface area contributed by atoms with Gasteiger partial charge in [0.15, 0.2) is 0 Å². The van der Waals surface area contributed by atoms with Gasteiger partial charge in [-0.25, -0.2) is 9.18 Å². The van der Waals surface area contributed by atoms with Crippen molar-refractivity contribution in [2.45, 2.75) is 0 Å². The number of para-hydroxylation sites is 1. The van der Waals surface area contributed by atoms with Crippen LogP contribution in [0.4, 0.5) is 10.1 Å². The summed E-state index contributed by atoms with van der Waals surface area (Å²) in [6, 6.07) is 12.0. The molecule has 0 fully saturated rings. The first kappa shape index (κ1) is 14.7. The summed E-state index contributed by atoms with van der Waals surface area (Å²) in [5.41, 5.74) is 0.878. The summed E-state index contributed by atoms with van der Waals surface area (Å²) < 4.78 is 17.9. The lowest BCUT2D eigenvalue weighted by molar-refractivity contribution is 0.0601. The van der Waals surface area contributed by atoms with E-state index in [9.17, 15) is 14.0 Å². The van der Waals surface area contributed by atoms with Gasteiger partial charge in [0.25, 0.3) is 5.91 Å². The minimum absolute atomic E-state index is 0.206. The number of carbonyl (C=O) groups excluding carboxylic acids is 2. The van der Waals surface area contributed by atoms with Crippen LogP contribution in [0.5, 0.6) is 0 Å². The SMILES string of the molecule is COC(=O)c1ccccc1N(C)C(=O)c1cccc(F)c1. The maximum absolute atomic E-state index is 13.2. The number of carbonyl (C=O) groups is 2. The zero-order valence-corrected chi connectivity index (χ0v) is 11.7. The summed E-state index contributed by atoms with van der Waals surface area (Å²) >= 11 is 0. The molecule has 0 atom stereocenters. The molecular formula is C16H14FNO3. The normalized spacial score (nSPS) is 10.0. The first-order valence-electron chi connectivity index (χ1n) is 6.25. The number of nitrogens with zero attached hydrogens (tertiary/aromatic N) is 1. The van der Waals surface area contributed by atoms with E-state index in [-0.39, 0.29) is 11.1 Å². The Hall–Kier alpha value is -2.69. The average Bonchev–Trinajstić information content (AvgIpc) is 2.52. The Kier molecular flexibility index (Phi) is 4.33. The van der Waals surface area contributed by atoms with Gasteiger partial charge < -0.3 is 9.64 Å². The highest BCUT2D eigenvalue weighted by Crippen LogP contribution is 2.22. The number of amides is 1. The number of methoxy groups -OCH3 is 1. The standard InChI is InChI=1S/C16H14FNO3/c1-18(15(19)11-6-5-7-12(17)10-11)14-9-4-3-8-13(14)16(20)21-2/h3-10H,1-2H3. The molecule has 0 heterocycles. The topological polar surface area (TPSA) is 46.6 Å². The van der Waals surface area contributed by atoms with Crippen molar-refractivity contribution in [2.24, 2.45) is 0 Å². The van der Waals surface area contributed by atoms with E-state index in [1.165, 1.54) is 37.3 Å². The molecule has 0 saturated heterocycles. The quantitative estimate of drug-likeness (QED) is 0.815. The molecule has 0 aromatic heterocycles. The second kappa shape index (κ2) is 6.17. The first-order valence-corrected chi connectivity index (χ1v) is 6.25. The van der Waals surface area contributed by atoms with Gasteiger partial charge in [-0.15, -0.1) is 0 Å². The predicted octanol–water partition coefficient (Wildman–Crippen LogP) is 2.89. The lowest BCUT2D eigenvalue weighted by Crippen LogP contribution is -2.28. The lowest BCUT2D eigenvalue weighted by Gasteiger charge is -2.20. The second-order valence-corrected chi connectivity index (χ2v) is 4.38. The van der Waals surface area contributed by atoms with Gasteiger partial charge in [0.05, 0.1) is 18.4 Å². The molecular weight excluding hydrogens is 273 g/mol. The number of esters is 1.